The van der Waals surface area contributed by atoms with Crippen LogP contribution in [0.4, 0.5) is 0 Å². The largest absolute Gasteiger partial charge is 0.361 e. The highest BCUT2D eigenvalue weighted by Gasteiger charge is 2.23. The topological polar surface area (TPSA) is 92.5 Å². The van der Waals surface area contributed by atoms with Gasteiger partial charge in [0.2, 0.25) is 5.91 Å². The minimum atomic E-state index is -0.722. The Morgan fingerprint density at radius 3 is 2.96 bits per heavy atom. The summed E-state index contributed by atoms with van der Waals surface area (Å²) in [6.07, 6.45) is 4.55. The van der Waals surface area contributed by atoms with Crippen molar-refractivity contribution in [3.8, 4) is 0 Å². The number of hydrogen-bond acceptors (Lipinski definition) is 4. The summed E-state index contributed by atoms with van der Waals surface area (Å²) in [4.78, 5) is 32.5. The summed E-state index contributed by atoms with van der Waals surface area (Å²) in [5, 5.41) is 3.71. The maximum Gasteiger partial charge on any atom is 0.266 e. The third-order valence-corrected chi connectivity index (χ3v) is 4.22. The molecule has 25 heavy (non-hydrogen) atoms. The molecule has 2 unspecified atom stereocenters. The first kappa shape index (κ1) is 17.4. The number of rotatable bonds is 6. The van der Waals surface area contributed by atoms with Gasteiger partial charge < -0.3 is 15.0 Å². The van der Waals surface area contributed by atoms with Gasteiger partial charge in [-0.15, -0.1) is 0 Å². The third kappa shape index (κ3) is 4.58. The maximum atomic E-state index is 12.5. The Kier molecular flexibility index (Phi) is 5.67. The van der Waals surface area contributed by atoms with E-state index in [0.717, 1.165) is 35.7 Å². The van der Waals surface area contributed by atoms with Gasteiger partial charge in [-0.05, 0) is 24.5 Å². The van der Waals surface area contributed by atoms with Gasteiger partial charge >= 0.3 is 0 Å². The second kappa shape index (κ2) is 8.13. The van der Waals surface area contributed by atoms with Crippen molar-refractivity contribution in [3.63, 3.8) is 0 Å². The molecular weight excluding hydrogens is 322 g/mol. The number of aromatic nitrogens is 1. The number of amides is 2. The monoisotopic (exact) mass is 345 g/mol. The zero-order valence-corrected chi connectivity index (χ0v) is 14.2. The first-order valence-corrected chi connectivity index (χ1v) is 8.52. The van der Waals surface area contributed by atoms with Crippen molar-refractivity contribution in [1.29, 1.82) is 0 Å². The van der Waals surface area contributed by atoms with E-state index in [9.17, 15) is 9.59 Å². The zero-order chi connectivity index (χ0) is 17.6. The Bertz CT molecular complexity index is 737. The summed E-state index contributed by atoms with van der Waals surface area (Å²) < 4.78 is 5.42. The average Bonchev–Trinajstić information content (AvgIpc) is 3.03. The molecule has 134 valence electrons. The van der Waals surface area contributed by atoms with Crippen LogP contribution in [0.2, 0.25) is 0 Å². The number of benzene rings is 1. The van der Waals surface area contributed by atoms with E-state index in [0.29, 0.717) is 13.0 Å². The number of carbonyl (C=O) groups excluding carboxylic acids is 2. The number of carbonyl (C=O) groups is 2. The Hall–Kier alpha value is -2.38. The van der Waals surface area contributed by atoms with Gasteiger partial charge in [0.05, 0.1) is 0 Å². The fraction of sp³-hybridized carbons (Fsp3) is 0.444. The fourth-order valence-corrected chi connectivity index (χ4v) is 2.97. The van der Waals surface area contributed by atoms with E-state index in [1.807, 2.05) is 30.5 Å². The molecule has 1 aliphatic heterocycles. The molecule has 2 heterocycles. The van der Waals surface area contributed by atoms with Gasteiger partial charge in [-0.2, -0.15) is 0 Å². The Balaban J connectivity index is 1.66. The normalized spacial score (nSPS) is 18.7. The molecule has 0 bridgehead atoms. The molecule has 1 fully saturated rings. The number of H-pyrrole nitrogens is 1. The van der Waals surface area contributed by atoms with Crippen LogP contribution in [0, 0.1) is 0 Å². The number of hydrogen-bond donors (Lipinski definition) is 3. The molecule has 0 spiro atoms. The number of aromatic amines is 1. The molecule has 1 aromatic carbocycles. The standard InChI is InChI=1S/C18H23N3O4/c1-12(22)20-16(18(23)21-25-17-8-4-5-9-24-17)10-13-11-19-15-7-3-2-6-14(13)15/h2-3,6-7,11,16-17,19H,4-5,8-10H2,1H3,(H,20,22)(H,21,23). The van der Waals surface area contributed by atoms with Crippen LogP contribution in [0.5, 0.6) is 0 Å². The summed E-state index contributed by atoms with van der Waals surface area (Å²) in [5.41, 5.74) is 4.38. The predicted octanol–water partition coefficient (Wildman–Crippen LogP) is 1.79. The van der Waals surface area contributed by atoms with Gasteiger partial charge in [-0.25, -0.2) is 10.3 Å². The smallest absolute Gasteiger partial charge is 0.266 e. The lowest BCUT2D eigenvalue weighted by Crippen LogP contribution is -2.48. The van der Waals surface area contributed by atoms with Crippen LogP contribution < -0.4 is 10.8 Å². The molecule has 3 N–H and O–H groups in total. The molecule has 1 aromatic heterocycles. The van der Waals surface area contributed by atoms with E-state index in [1.54, 1.807) is 0 Å². The molecule has 7 nitrogen and oxygen atoms in total. The highest BCUT2D eigenvalue weighted by molar-refractivity contribution is 5.88. The van der Waals surface area contributed by atoms with Crippen molar-refractivity contribution in [1.82, 2.24) is 15.8 Å². The van der Waals surface area contributed by atoms with Crippen LogP contribution in [0.25, 0.3) is 10.9 Å². The number of hydroxylamine groups is 1. The van der Waals surface area contributed by atoms with Crippen LogP contribution in [0.1, 0.15) is 31.7 Å². The van der Waals surface area contributed by atoms with Crippen molar-refractivity contribution in [3.05, 3.63) is 36.0 Å². The van der Waals surface area contributed by atoms with Gasteiger partial charge in [-0.1, -0.05) is 18.2 Å². The number of para-hydroxylation sites is 1. The molecule has 2 atom stereocenters. The van der Waals surface area contributed by atoms with Crippen molar-refractivity contribution >= 4 is 22.7 Å². The molecule has 1 saturated heterocycles. The minimum absolute atomic E-state index is 0.270. The van der Waals surface area contributed by atoms with Gasteiger partial charge in [0.1, 0.15) is 6.04 Å². The van der Waals surface area contributed by atoms with Crippen molar-refractivity contribution < 1.29 is 19.2 Å². The second-order valence-corrected chi connectivity index (χ2v) is 6.20. The summed E-state index contributed by atoms with van der Waals surface area (Å²) in [6.45, 7) is 2.02. The van der Waals surface area contributed by atoms with E-state index in [-0.39, 0.29) is 5.91 Å². The first-order valence-electron chi connectivity index (χ1n) is 8.52. The van der Waals surface area contributed by atoms with Crippen LogP contribution in [0.3, 0.4) is 0 Å². The molecule has 1 aliphatic rings. The summed E-state index contributed by atoms with van der Waals surface area (Å²) >= 11 is 0. The number of fused-ring (bicyclic) bond motifs is 1. The quantitative estimate of drug-likeness (QED) is 0.696. The summed E-state index contributed by atoms with van der Waals surface area (Å²) in [5.74, 6) is -0.663. The van der Waals surface area contributed by atoms with E-state index in [1.165, 1.54) is 6.92 Å². The van der Waals surface area contributed by atoms with Crippen molar-refractivity contribution in [2.45, 2.75) is 44.9 Å². The molecule has 0 aliphatic carbocycles. The number of ether oxygens (including phenoxy) is 1. The first-order chi connectivity index (χ1) is 12.1. The Morgan fingerprint density at radius 1 is 1.36 bits per heavy atom. The lowest BCUT2D eigenvalue weighted by atomic mass is 10.0. The second-order valence-electron chi connectivity index (χ2n) is 6.20. The zero-order valence-electron chi connectivity index (χ0n) is 14.2. The van der Waals surface area contributed by atoms with Gasteiger partial charge in [-0.3, -0.25) is 9.59 Å². The summed E-state index contributed by atoms with van der Waals surface area (Å²) in [7, 11) is 0. The highest BCUT2D eigenvalue weighted by Crippen LogP contribution is 2.19. The third-order valence-electron chi connectivity index (χ3n) is 4.22. The molecule has 2 amide bonds. The van der Waals surface area contributed by atoms with Crippen LogP contribution >= 0.6 is 0 Å². The fourth-order valence-electron chi connectivity index (χ4n) is 2.97. The lowest BCUT2D eigenvalue weighted by molar-refractivity contribution is -0.201. The van der Waals surface area contributed by atoms with Gasteiger partial charge in [0.15, 0.2) is 6.29 Å². The molecule has 3 rings (SSSR count). The van der Waals surface area contributed by atoms with Crippen LogP contribution in [-0.4, -0.2) is 35.7 Å². The van der Waals surface area contributed by atoms with Gasteiger partial charge in [0.25, 0.3) is 5.91 Å². The number of nitrogens with one attached hydrogen (secondary N) is 3. The average molecular weight is 345 g/mol. The van der Waals surface area contributed by atoms with Gasteiger partial charge in [0, 0.05) is 43.5 Å². The Morgan fingerprint density at radius 2 is 2.20 bits per heavy atom. The molecule has 0 saturated carbocycles. The molecular formula is C18H23N3O4. The Labute approximate surface area is 146 Å². The summed E-state index contributed by atoms with van der Waals surface area (Å²) in [6, 6.07) is 7.11. The van der Waals surface area contributed by atoms with Crippen LogP contribution in [-0.2, 0) is 25.6 Å². The predicted molar refractivity (Wildman–Crippen MR) is 92.4 cm³/mol. The molecule has 0 radical (unpaired) electrons. The molecule has 2 aromatic rings. The van der Waals surface area contributed by atoms with E-state index < -0.39 is 18.2 Å². The van der Waals surface area contributed by atoms with E-state index in [4.69, 9.17) is 9.57 Å². The lowest BCUT2D eigenvalue weighted by Gasteiger charge is -2.24. The van der Waals surface area contributed by atoms with E-state index >= 15 is 0 Å². The minimum Gasteiger partial charge on any atom is -0.361 e. The maximum absolute atomic E-state index is 12.5. The molecule has 7 heteroatoms. The van der Waals surface area contributed by atoms with Crippen LogP contribution in [0.15, 0.2) is 30.5 Å². The SMILES string of the molecule is CC(=O)NC(Cc1c[nH]c2ccccc12)C(=O)NOC1CCCCO1. The van der Waals surface area contributed by atoms with E-state index in [2.05, 4.69) is 15.8 Å². The highest BCUT2D eigenvalue weighted by atomic mass is 16.8. The van der Waals surface area contributed by atoms with Crippen molar-refractivity contribution in [2.75, 3.05) is 6.61 Å². The van der Waals surface area contributed by atoms with Crippen molar-refractivity contribution in [2.24, 2.45) is 0 Å².